The summed E-state index contributed by atoms with van der Waals surface area (Å²) < 4.78 is 0. The molecule has 2 heteroatoms. The van der Waals surface area contributed by atoms with Gasteiger partial charge in [0.05, 0.1) is 13.2 Å². The van der Waals surface area contributed by atoms with Crippen molar-refractivity contribution in [1.82, 2.24) is 4.90 Å². The van der Waals surface area contributed by atoms with Gasteiger partial charge in [-0.3, -0.25) is 4.90 Å². The lowest BCUT2D eigenvalue weighted by atomic mass is 10.2. The van der Waals surface area contributed by atoms with Crippen molar-refractivity contribution in [3.8, 4) is 11.8 Å². The lowest BCUT2D eigenvalue weighted by molar-refractivity contribution is 0.296. The van der Waals surface area contributed by atoms with Crippen LogP contribution >= 0.6 is 0 Å². The highest BCUT2D eigenvalue weighted by Crippen LogP contribution is 1.98. The van der Waals surface area contributed by atoms with E-state index in [4.69, 9.17) is 5.11 Å². The molecule has 0 aliphatic carbocycles. The Bertz CT molecular complexity index is 252. The van der Waals surface area contributed by atoms with Crippen LogP contribution in [-0.2, 0) is 0 Å². The van der Waals surface area contributed by atoms with E-state index in [1.165, 1.54) is 25.7 Å². The lowest BCUT2D eigenvalue weighted by Crippen LogP contribution is -2.26. The summed E-state index contributed by atoms with van der Waals surface area (Å²) in [6.45, 7) is 9.59. The Kier molecular flexibility index (Phi) is 11.2. The van der Waals surface area contributed by atoms with Crippen LogP contribution in [0, 0.1) is 11.8 Å². The molecule has 0 aromatic carbocycles. The molecule has 0 radical (unpaired) electrons. The minimum Gasteiger partial charge on any atom is -0.392 e. The van der Waals surface area contributed by atoms with Crippen molar-refractivity contribution in [3.63, 3.8) is 0 Å². The smallest absolute Gasteiger partial charge is 0.0624 e. The fourth-order valence-corrected chi connectivity index (χ4v) is 1.51. The van der Waals surface area contributed by atoms with E-state index in [2.05, 4.69) is 30.6 Å². The van der Waals surface area contributed by atoms with Crippen LogP contribution in [0.4, 0.5) is 0 Å². The van der Waals surface area contributed by atoms with E-state index >= 15 is 0 Å². The molecule has 0 saturated carbocycles. The third-order valence-corrected chi connectivity index (χ3v) is 2.64. The summed E-state index contributed by atoms with van der Waals surface area (Å²) in [5.41, 5.74) is 0.957. The van der Waals surface area contributed by atoms with Crippen molar-refractivity contribution in [1.29, 1.82) is 0 Å². The van der Waals surface area contributed by atoms with Crippen LogP contribution in [0.15, 0.2) is 11.6 Å². The topological polar surface area (TPSA) is 23.5 Å². The van der Waals surface area contributed by atoms with Gasteiger partial charge in [-0.25, -0.2) is 0 Å². The molecular formula is C15H27NO. The maximum absolute atomic E-state index is 8.72. The molecular weight excluding hydrogens is 210 g/mol. The number of hydrogen-bond donors (Lipinski definition) is 1. The Hall–Kier alpha value is -0.780. The normalized spacial score (nSPS) is 11.5. The lowest BCUT2D eigenvalue weighted by Gasteiger charge is -2.18. The third-order valence-electron chi connectivity index (χ3n) is 2.64. The SMILES string of the molecule is CCCCN(CC#CC(C)=CCO)CCCC. The van der Waals surface area contributed by atoms with Crippen LogP contribution in [0.2, 0.25) is 0 Å². The second-order valence-corrected chi connectivity index (χ2v) is 4.35. The van der Waals surface area contributed by atoms with E-state index in [9.17, 15) is 0 Å². The molecule has 0 aromatic rings. The van der Waals surface area contributed by atoms with Gasteiger partial charge in [0.1, 0.15) is 0 Å². The molecule has 0 rings (SSSR count). The van der Waals surface area contributed by atoms with Crippen LogP contribution in [0.1, 0.15) is 46.5 Å². The fourth-order valence-electron chi connectivity index (χ4n) is 1.51. The Balaban J connectivity index is 4.08. The van der Waals surface area contributed by atoms with Gasteiger partial charge < -0.3 is 5.11 Å². The van der Waals surface area contributed by atoms with Gasteiger partial charge in [-0.2, -0.15) is 0 Å². The van der Waals surface area contributed by atoms with Gasteiger partial charge in [0.2, 0.25) is 0 Å². The summed E-state index contributed by atoms with van der Waals surface area (Å²) in [7, 11) is 0. The summed E-state index contributed by atoms with van der Waals surface area (Å²) in [6, 6.07) is 0. The van der Waals surface area contributed by atoms with Crippen LogP contribution in [-0.4, -0.2) is 36.2 Å². The van der Waals surface area contributed by atoms with Gasteiger partial charge in [-0.05, 0) is 44.5 Å². The average molecular weight is 237 g/mol. The van der Waals surface area contributed by atoms with Crippen molar-refractivity contribution >= 4 is 0 Å². The second-order valence-electron chi connectivity index (χ2n) is 4.35. The maximum Gasteiger partial charge on any atom is 0.0624 e. The molecule has 0 aromatic heterocycles. The largest absolute Gasteiger partial charge is 0.392 e. The zero-order chi connectivity index (χ0) is 12.9. The highest BCUT2D eigenvalue weighted by atomic mass is 16.2. The van der Waals surface area contributed by atoms with E-state index in [1.807, 2.05) is 6.92 Å². The molecule has 0 saturated heterocycles. The summed E-state index contributed by atoms with van der Waals surface area (Å²) in [5, 5.41) is 8.72. The second kappa shape index (κ2) is 11.7. The van der Waals surface area contributed by atoms with Crippen LogP contribution < -0.4 is 0 Å². The predicted molar refractivity (Wildman–Crippen MR) is 74.9 cm³/mol. The molecule has 0 amide bonds. The number of hydrogen-bond acceptors (Lipinski definition) is 2. The molecule has 0 atom stereocenters. The molecule has 1 N–H and O–H groups in total. The van der Waals surface area contributed by atoms with Gasteiger partial charge >= 0.3 is 0 Å². The van der Waals surface area contributed by atoms with Crippen molar-refractivity contribution in [2.75, 3.05) is 26.2 Å². The Morgan fingerprint density at radius 1 is 1.18 bits per heavy atom. The molecule has 0 aliphatic heterocycles. The number of aliphatic hydroxyl groups excluding tert-OH is 1. The zero-order valence-electron chi connectivity index (χ0n) is 11.6. The average Bonchev–Trinajstić information content (AvgIpc) is 2.32. The van der Waals surface area contributed by atoms with Crippen molar-refractivity contribution in [2.24, 2.45) is 0 Å². The first-order valence-electron chi connectivity index (χ1n) is 6.73. The minimum absolute atomic E-state index is 0.0793. The fraction of sp³-hybridized carbons (Fsp3) is 0.733. The van der Waals surface area contributed by atoms with Crippen molar-refractivity contribution in [2.45, 2.75) is 46.5 Å². The number of rotatable bonds is 8. The Morgan fingerprint density at radius 3 is 2.24 bits per heavy atom. The van der Waals surface area contributed by atoms with E-state index < -0.39 is 0 Å². The molecule has 0 fully saturated rings. The molecule has 98 valence electrons. The van der Waals surface area contributed by atoms with E-state index in [1.54, 1.807) is 6.08 Å². The third kappa shape index (κ3) is 10.1. The highest BCUT2D eigenvalue weighted by molar-refractivity contribution is 5.26. The molecule has 0 bridgehead atoms. The zero-order valence-corrected chi connectivity index (χ0v) is 11.6. The van der Waals surface area contributed by atoms with Crippen LogP contribution in [0.3, 0.4) is 0 Å². The first-order valence-corrected chi connectivity index (χ1v) is 6.73. The van der Waals surface area contributed by atoms with Gasteiger partial charge in [-0.15, -0.1) is 0 Å². The van der Waals surface area contributed by atoms with Gasteiger partial charge in [-0.1, -0.05) is 38.5 Å². The quantitative estimate of drug-likeness (QED) is 0.656. The molecule has 0 heterocycles. The van der Waals surface area contributed by atoms with Crippen molar-refractivity contribution < 1.29 is 5.11 Å². The van der Waals surface area contributed by atoms with E-state index in [0.717, 1.165) is 25.2 Å². The maximum atomic E-state index is 8.72. The first kappa shape index (κ1) is 16.2. The Labute approximate surface area is 107 Å². The molecule has 0 aliphatic rings. The number of aliphatic hydroxyl groups is 1. The van der Waals surface area contributed by atoms with Crippen LogP contribution in [0.5, 0.6) is 0 Å². The van der Waals surface area contributed by atoms with Gasteiger partial charge in [0, 0.05) is 0 Å². The molecule has 0 spiro atoms. The summed E-state index contributed by atoms with van der Waals surface area (Å²) in [6.07, 6.45) is 6.71. The number of allylic oxidation sites excluding steroid dienone is 1. The summed E-state index contributed by atoms with van der Waals surface area (Å²) in [4.78, 5) is 2.42. The number of unbranched alkanes of at least 4 members (excludes halogenated alkanes) is 2. The van der Waals surface area contributed by atoms with Gasteiger partial charge in [0.25, 0.3) is 0 Å². The molecule has 0 unspecified atom stereocenters. The molecule has 17 heavy (non-hydrogen) atoms. The van der Waals surface area contributed by atoms with Crippen LogP contribution in [0.25, 0.3) is 0 Å². The van der Waals surface area contributed by atoms with E-state index in [0.29, 0.717) is 0 Å². The minimum atomic E-state index is 0.0793. The highest BCUT2D eigenvalue weighted by Gasteiger charge is 2.00. The number of nitrogens with zero attached hydrogens (tertiary/aromatic N) is 1. The first-order chi connectivity index (χ1) is 8.24. The van der Waals surface area contributed by atoms with E-state index in [-0.39, 0.29) is 6.61 Å². The summed E-state index contributed by atoms with van der Waals surface area (Å²) >= 11 is 0. The predicted octanol–water partition coefficient (Wildman–Crippen LogP) is 2.83. The molecule has 2 nitrogen and oxygen atoms in total. The van der Waals surface area contributed by atoms with Gasteiger partial charge in [0.15, 0.2) is 0 Å². The monoisotopic (exact) mass is 237 g/mol. The van der Waals surface area contributed by atoms with Crippen molar-refractivity contribution in [3.05, 3.63) is 11.6 Å². The summed E-state index contributed by atoms with van der Waals surface area (Å²) in [5.74, 6) is 6.26. The standard InChI is InChI=1S/C15H27NO/c1-4-6-11-16(12-7-5-2)13-8-9-15(3)10-14-17/h10,17H,4-7,11-14H2,1-3H3. The Morgan fingerprint density at radius 2 is 1.76 bits per heavy atom.